The van der Waals surface area contributed by atoms with E-state index in [1.54, 1.807) is 12.1 Å². The van der Waals surface area contributed by atoms with Crippen LogP contribution in [0.5, 0.6) is 5.75 Å². The Bertz CT molecular complexity index is 710. The average Bonchev–Trinajstić information content (AvgIpc) is 2.90. The molecule has 1 N–H and O–H groups in total. The molecule has 5 nitrogen and oxygen atoms in total. The molecule has 0 spiro atoms. The number of hydrogen-bond donors (Lipinski definition) is 1. The predicted molar refractivity (Wildman–Crippen MR) is 76.8 cm³/mol. The summed E-state index contributed by atoms with van der Waals surface area (Å²) in [6, 6.07) is 6.19. The van der Waals surface area contributed by atoms with Crippen LogP contribution in [-0.4, -0.2) is 32.7 Å². The van der Waals surface area contributed by atoms with Gasteiger partial charge in [-0.15, -0.1) is 0 Å². The minimum Gasteiger partial charge on any atom is -0.508 e. The maximum atomic E-state index is 13.2. The first-order chi connectivity index (χ1) is 10.7. The number of hydrogen-bond acceptors (Lipinski definition) is 3. The largest absolute Gasteiger partial charge is 0.508 e. The number of phenolic OH excluding ortho intramolecular Hbond substituents is 1. The summed E-state index contributed by atoms with van der Waals surface area (Å²) < 4.78 is 40.3. The van der Waals surface area contributed by atoms with Gasteiger partial charge in [-0.25, -0.2) is 0 Å². The van der Waals surface area contributed by atoms with Gasteiger partial charge in [0.15, 0.2) is 5.69 Å². The van der Waals surface area contributed by atoms with Gasteiger partial charge in [0, 0.05) is 20.1 Å². The van der Waals surface area contributed by atoms with E-state index in [-0.39, 0.29) is 18.8 Å². The Morgan fingerprint density at radius 2 is 2.09 bits per heavy atom. The minimum absolute atomic E-state index is 0.0123. The summed E-state index contributed by atoms with van der Waals surface area (Å²) >= 11 is 0. The fraction of sp³-hybridized carbons (Fsp3) is 0.333. The van der Waals surface area contributed by atoms with Crippen molar-refractivity contribution in [1.82, 2.24) is 14.7 Å². The summed E-state index contributed by atoms with van der Waals surface area (Å²) in [6.45, 7) is 1.60. The molecule has 1 aromatic carbocycles. The van der Waals surface area contributed by atoms with Gasteiger partial charge < -0.3 is 10.0 Å². The average molecular weight is 327 g/mol. The number of nitrogens with zero attached hydrogens (tertiary/aromatic N) is 3. The minimum atomic E-state index is -4.66. The summed E-state index contributed by atoms with van der Waals surface area (Å²) in [5.41, 5.74) is -0.924. The summed E-state index contributed by atoms with van der Waals surface area (Å²) in [5.74, 6) is -0.751. The summed E-state index contributed by atoms with van der Waals surface area (Å²) in [5, 5.41) is 13.0. The highest BCUT2D eigenvalue weighted by atomic mass is 19.4. The predicted octanol–water partition coefficient (Wildman–Crippen LogP) is 2.90. The van der Waals surface area contributed by atoms with Gasteiger partial charge in [0.05, 0.1) is 11.8 Å². The lowest BCUT2D eigenvalue weighted by molar-refractivity contribution is -0.144. The third-order valence-electron chi connectivity index (χ3n) is 3.31. The van der Waals surface area contributed by atoms with Crippen molar-refractivity contribution in [1.29, 1.82) is 0 Å². The van der Waals surface area contributed by atoms with E-state index in [1.807, 2.05) is 0 Å². The van der Waals surface area contributed by atoms with Crippen LogP contribution in [0.2, 0.25) is 0 Å². The van der Waals surface area contributed by atoms with E-state index in [9.17, 15) is 23.1 Å². The molecule has 0 aliphatic rings. The van der Waals surface area contributed by atoms with Crippen LogP contribution in [0.4, 0.5) is 13.2 Å². The molecule has 2 aromatic rings. The molecular weight excluding hydrogens is 311 g/mol. The van der Waals surface area contributed by atoms with Crippen LogP contribution >= 0.6 is 0 Å². The number of benzene rings is 1. The molecule has 1 heterocycles. The molecule has 0 radical (unpaired) electrons. The van der Waals surface area contributed by atoms with E-state index >= 15 is 0 Å². The zero-order valence-electron chi connectivity index (χ0n) is 12.6. The van der Waals surface area contributed by atoms with Gasteiger partial charge in [-0.3, -0.25) is 9.48 Å². The first-order valence-corrected chi connectivity index (χ1v) is 6.90. The number of aromatic hydroxyl groups is 1. The molecule has 0 saturated carbocycles. The number of aromatic nitrogens is 2. The molecule has 0 aliphatic heterocycles. The van der Waals surface area contributed by atoms with Crippen molar-refractivity contribution in [2.45, 2.75) is 26.2 Å². The number of amides is 1. The Kier molecular flexibility index (Phi) is 4.63. The number of rotatable bonds is 4. The second-order valence-corrected chi connectivity index (χ2v) is 5.05. The van der Waals surface area contributed by atoms with Crippen LogP contribution in [0.1, 0.15) is 28.5 Å². The summed E-state index contributed by atoms with van der Waals surface area (Å²) in [7, 11) is 1.40. The van der Waals surface area contributed by atoms with Crippen LogP contribution in [-0.2, 0) is 19.3 Å². The van der Waals surface area contributed by atoms with Gasteiger partial charge in [0.1, 0.15) is 5.75 Å². The number of carbonyl (C=O) groups excluding carboxylic acids is 1. The molecule has 1 amide bonds. The molecule has 1 aromatic heterocycles. The van der Waals surface area contributed by atoms with Crippen molar-refractivity contribution in [3.05, 3.63) is 47.3 Å². The Hall–Kier alpha value is -2.51. The van der Waals surface area contributed by atoms with Crippen molar-refractivity contribution >= 4 is 5.91 Å². The first kappa shape index (κ1) is 16.9. The Morgan fingerprint density at radius 3 is 2.65 bits per heavy atom. The van der Waals surface area contributed by atoms with Gasteiger partial charge in [-0.2, -0.15) is 18.3 Å². The van der Waals surface area contributed by atoms with Crippen LogP contribution < -0.4 is 0 Å². The first-order valence-electron chi connectivity index (χ1n) is 6.90. The Labute approximate surface area is 130 Å². The number of carbonyl (C=O) groups is 1. The molecule has 0 aliphatic carbocycles. The fourth-order valence-electron chi connectivity index (χ4n) is 2.29. The normalized spacial score (nSPS) is 11.5. The summed E-state index contributed by atoms with van der Waals surface area (Å²) in [6.07, 6.45) is -3.73. The topological polar surface area (TPSA) is 58.4 Å². The highest BCUT2D eigenvalue weighted by Gasteiger charge is 2.40. The number of halogens is 3. The van der Waals surface area contributed by atoms with Crippen LogP contribution in [0.3, 0.4) is 0 Å². The van der Waals surface area contributed by atoms with Crippen LogP contribution in [0, 0.1) is 0 Å². The van der Waals surface area contributed by atoms with Gasteiger partial charge in [0.25, 0.3) is 5.91 Å². The Balaban J connectivity index is 2.28. The molecule has 8 heteroatoms. The van der Waals surface area contributed by atoms with E-state index in [2.05, 4.69) is 5.10 Å². The van der Waals surface area contributed by atoms with Crippen molar-refractivity contribution in [2.75, 3.05) is 7.05 Å². The number of alkyl halides is 3. The second-order valence-electron chi connectivity index (χ2n) is 5.05. The highest BCUT2D eigenvalue weighted by Crippen LogP contribution is 2.32. The molecule has 0 atom stereocenters. The third kappa shape index (κ3) is 3.64. The van der Waals surface area contributed by atoms with Crippen LogP contribution in [0.15, 0.2) is 30.5 Å². The third-order valence-corrected chi connectivity index (χ3v) is 3.31. The Morgan fingerprint density at radius 1 is 1.39 bits per heavy atom. The van der Waals surface area contributed by atoms with Gasteiger partial charge in [-0.1, -0.05) is 12.1 Å². The molecule has 0 fully saturated rings. The van der Waals surface area contributed by atoms with Gasteiger partial charge >= 0.3 is 6.18 Å². The van der Waals surface area contributed by atoms with Crippen LogP contribution in [0.25, 0.3) is 0 Å². The van der Waals surface area contributed by atoms with Crippen molar-refractivity contribution in [3.63, 3.8) is 0 Å². The SMILES string of the molecule is CCn1ncc(C(=O)N(C)Cc2cccc(O)c2)c1C(F)(F)F. The van der Waals surface area contributed by atoms with E-state index in [1.165, 1.54) is 26.1 Å². The van der Waals surface area contributed by atoms with Crippen molar-refractivity contribution in [2.24, 2.45) is 0 Å². The molecule has 0 unspecified atom stereocenters. The molecule has 2 rings (SSSR count). The molecule has 0 bridgehead atoms. The lowest BCUT2D eigenvalue weighted by atomic mass is 10.1. The quantitative estimate of drug-likeness (QED) is 0.939. The molecule has 0 saturated heterocycles. The number of aryl methyl sites for hydroxylation is 1. The van der Waals surface area contributed by atoms with E-state index in [0.717, 1.165) is 15.8 Å². The number of phenols is 1. The van der Waals surface area contributed by atoms with E-state index in [4.69, 9.17) is 0 Å². The van der Waals surface area contributed by atoms with Crippen molar-refractivity contribution < 1.29 is 23.1 Å². The summed E-state index contributed by atoms with van der Waals surface area (Å²) in [4.78, 5) is 13.5. The highest BCUT2D eigenvalue weighted by molar-refractivity contribution is 5.95. The fourth-order valence-corrected chi connectivity index (χ4v) is 2.29. The molecule has 124 valence electrons. The van der Waals surface area contributed by atoms with Gasteiger partial charge in [-0.05, 0) is 24.6 Å². The van der Waals surface area contributed by atoms with E-state index < -0.39 is 23.3 Å². The van der Waals surface area contributed by atoms with Gasteiger partial charge in [0.2, 0.25) is 0 Å². The molecule has 23 heavy (non-hydrogen) atoms. The lowest BCUT2D eigenvalue weighted by Crippen LogP contribution is -2.28. The smallest absolute Gasteiger partial charge is 0.433 e. The second kappa shape index (κ2) is 6.31. The maximum Gasteiger partial charge on any atom is 0.433 e. The maximum absolute atomic E-state index is 13.2. The molecular formula is C15H16F3N3O2. The standard InChI is InChI=1S/C15H16F3N3O2/c1-3-21-13(15(16,17)18)12(8-19-21)14(23)20(2)9-10-5-4-6-11(22)7-10/h4-8,22H,3,9H2,1-2H3. The van der Waals surface area contributed by atoms with Crippen molar-refractivity contribution in [3.8, 4) is 5.75 Å². The zero-order chi connectivity index (χ0) is 17.2. The zero-order valence-corrected chi connectivity index (χ0v) is 12.6. The van der Waals surface area contributed by atoms with E-state index in [0.29, 0.717) is 5.56 Å². The lowest BCUT2D eigenvalue weighted by Gasteiger charge is -2.18. The monoisotopic (exact) mass is 327 g/mol.